The van der Waals surface area contributed by atoms with Gasteiger partial charge in [-0.3, -0.25) is 0 Å². The zero-order valence-electron chi connectivity index (χ0n) is 6.98. The van der Waals surface area contributed by atoms with Gasteiger partial charge in [-0.05, 0) is 6.92 Å². The van der Waals surface area contributed by atoms with E-state index in [-0.39, 0.29) is 24.6 Å². The Morgan fingerprint density at radius 2 is 2.08 bits per heavy atom. The van der Waals surface area contributed by atoms with E-state index in [1.165, 1.54) is 6.92 Å². The normalized spacial score (nSPS) is 12.1. The van der Waals surface area contributed by atoms with Gasteiger partial charge in [-0.15, -0.1) is 0 Å². The number of oxazole rings is 1. The van der Waals surface area contributed by atoms with Gasteiger partial charge >= 0.3 is 6.18 Å². The van der Waals surface area contributed by atoms with Crippen molar-refractivity contribution in [1.82, 2.24) is 4.98 Å². The largest absolute Gasteiger partial charge is 0.445 e. The minimum absolute atomic E-state index is 0.0346. The molecule has 0 fully saturated rings. The van der Waals surface area contributed by atoms with Gasteiger partial charge in [-0.1, -0.05) is 0 Å². The third kappa shape index (κ3) is 2.21. The molecule has 0 spiro atoms. The van der Waals surface area contributed by atoms with Crippen molar-refractivity contribution in [2.75, 3.05) is 6.54 Å². The third-order valence-corrected chi connectivity index (χ3v) is 1.47. The van der Waals surface area contributed by atoms with E-state index in [1.54, 1.807) is 0 Å². The first-order valence-electron chi connectivity index (χ1n) is 3.68. The van der Waals surface area contributed by atoms with Crippen molar-refractivity contribution in [1.29, 1.82) is 0 Å². The van der Waals surface area contributed by atoms with Crippen LogP contribution in [0.25, 0.3) is 0 Å². The molecule has 0 aliphatic heterocycles. The Balaban J connectivity index is 2.96. The van der Waals surface area contributed by atoms with E-state index < -0.39 is 11.9 Å². The first-order valence-corrected chi connectivity index (χ1v) is 3.68. The van der Waals surface area contributed by atoms with Gasteiger partial charge in [0.1, 0.15) is 5.76 Å². The number of aryl methyl sites for hydroxylation is 1. The molecule has 0 aromatic carbocycles. The highest BCUT2D eigenvalue weighted by atomic mass is 19.4. The van der Waals surface area contributed by atoms with E-state index in [1.807, 2.05) is 0 Å². The predicted molar refractivity (Wildman–Crippen MR) is 39.0 cm³/mol. The van der Waals surface area contributed by atoms with E-state index in [0.29, 0.717) is 0 Å². The lowest BCUT2D eigenvalue weighted by Crippen LogP contribution is -2.08. The first kappa shape index (κ1) is 10.0. The lowest BCUT2D eigenvalue weighted by atomic mass is 10.3. The van der Waals surface area contributed by atoms with E-state index in [2.05, 4.69) is 4.98 Å². The highest BCUT2D eigenvalue weighted by molar-refractivity contribution is 5.11. The minimum atomic E-state index is -4.44. The van der Waals surface area contributed by atoms with Gasteiger partial charge in [0.15, 0.2) is 11.6 Å². The maximum Gasteiger partial charge on any atom is 0.436 e. The molecule has 13 heavy (non-hydrogen) atoms. The average molecular weight is 194 g/mol. The van der Waals surface area contributed by atoms with Crippen molar-refractivity contribution in [3.63, 3.8) is 0 Å². The molecule has 6 heteroatoms. The van der Waals surface area contributed by atoms with Crippen LogP contribution in [0.15, 0.2) is 4.42 Å². The summed E-state index contributed by atoms with van der Waals surface area (Å²) in [6.45, 7) is 1.45. The molecule has 0 saturated carbocycles. The molecule has 0 amide bonds. The Bertz CT molecular complexity index is 292. The molecule has 1 aromatic rings. The molecule has 0 aliphatic rings. The quantitative estimate of drug-likeness (QED) is 0.776. The summed E-state index contributed by atoms with van der Waals surface area (Å²) in [7, 11) is 0. The number of alkyl halides is 3. The maximum absolute atomic E-state index is 12.1. The number of rotatable bonds is 2. The zero-order valence-corrected chi connectivity index (χ0v) is 6.98. The summed E-state index contributed by atoms with van der Waals surface area (Å²) >= 11 is 0. The second-order valence-electron chi connectivity index (χ2n) is 2.55. The van der Waals surface area contributed by atoms with Crippen LogP contribution in [0.3, 0.4) is 0 Å². The molecule has 0 bridgehead atoms. The zero-order chi connectivity index (χ0) is 10.1. The summed E-state index contributed by atoms with van der Waals surface area (Å²) in [5.41, 5.74) is 4.19. The van der Waals surface area contributed by atoms with Crippen molar-refractivity contribution in [2.45, 2.75) is 19.5 Å². The van der Waals surface area contributed by atoms with Crippen molar-refractivity contribution < 1.29 is 17.6 Å². The molecule has 3 nitrogen and oxygen atoms in total. The predicted octanol–water partition coefficient (Wildman–Crippen LogP) is 1.50. The lowest BCUT2D eigenvalue weighted by Gasteiger charge is -2.00. The van der Waals surface area contributed by atoms with Gasteiger partial charge in [0.05, 0.1) is 0 Å². The molecule has 2 N–H and O–H groups in total. The van der Waals surface area contributed by atoms with Gasteiger partial charge in [0.25, 0.3) is 0 Å². The van der Waals surface area contributed by atoms with Crippen molar-refractivity contribution in [3.05, 3.63) is 17.3 Å². The lowest BCUT2D eigenvalue weighted by molar-refractivity contribution is -0.141. The highest BCUT2D eigenvalue weighted by Gasteiger charge is 2.37. The summed E-state index contributed by atoms with van der Waals surface area (Å²) in [6, 6.07) is 0. The van der Waals surface area contributed by atoms with Crippen LogP contribution in [0.2, 0.25) is 0 Å². The first-order chi connectivity index (χ1) is 5.95. The van der Waals surface area contributed by atoms with E-state index in [0.717, 1.165) is 0 Å². The standard InChI is InChI=1S/C7H9F3N2O/c1-4-6(7(8,9)10)12-5(13-4)2-3-11/h2-3,11H2,1H3. The Morgan fingerprint density at radius 3 is 2.46 bits per heavy atom. The summed E-state index contributed by atoms with van der Waals surface area (Å²) in [4.78, 5) is 3.30. The molecule has 0 atom stereocenters. The average Bonchev–Trinajstić information content (AvgIpc) is 2.30. The second kappa shape index (κ2) is 3.37. The summed E-state index contributed by atoms with van der Waals surface area (Å²) in [5.74, 6) is -0.178. The smallest absolute Gasteiger partial charge is 0.436 e. The van der Waals surface area contributed by atoms with Gasteiger partial charge in [0.2, 0.25) is 0 Å². The number of halogens is 3. The fourth-order valence-electron chi connectivity index (χ4n) is 0.945. The van der Waals surface area contributed by atoms with Gasteiger partial charge in [-0.25, -0.2) is 4.98 Å². The number of hydrogen-bond donors (Lipinski definition) is 1. The van der Waals surface area contributed by atoms with Crippen LogP contribution < -0.4 is 5.73 Å². The molecule has 1 heterocycles. The van der Waals surface area contributed by atoms with Crippen LogP contribution >= 0.6 is 0 Å². The van der Waals surface area contributed by atoms with Crippen LogP contribution in [0, 0.1) is 6.92 Å². The SMILES string of the molecule is Cc1oc(CCN)nc1C(F)(F)F. The molecule has 0 unspecified atom stereocenters. The Kier molecular flexibility index (Phi) is 2.60. The Morgan fingerprint density at radius 1 is 1.46 bits per heavy atom. The molecule has 74 valence electrons. The van der Waals surface area contributed by atoms with E-state index >= 15 is 0 Å². The van der Waals surface area contributed by atoms with Gasteiger partial charge in [-0.2, -0.15) is 13.2 Å². The summed E-state index contributed by atoms with van der Waals surface area (Å²) in [5, 5.41) is 0. The molecule has 1 rings (SSSR count). The molecular weight excluding hydrogens is 185 g/mol. The van der Waals surface area contributed by atoms with Crippen LogP contribution in [-0.4, -0.2) is 11.5 Å². The van der Waals surface area contributed by atoms with Gasteiger partial charge < -0.3 is 10.2 Å². The van der Waals surface area contributed by atoms with Crippen LogP contribution in [0.4, 0.5) is 13.2 Å². The Hall–Kier alpha value is -1.04. The number of hydrogen-bond acceptors (Lipinski definition) is 3. The number of aromatic nitrogens is 1. The van der Waals surface area contributed by atoms with Gasteiger partial charge in [0, 0.05) is 13.0 Å². The highest BCUT2D eigenvalue weighted by Crippen LogP contribution is 2.31. The minimum Gasteiger partial charge on any atom is -0.445 e. The van der Waals surface area contributed by atoms with Crippen LogP contribution in [0.1, 0.15) is 17.3 Å². The topological polar surface area (TPSA) is 52.0 Å². The fraction of sp³-hybridized carbons (Fsp3) is 0.571. The van der Waals surface area contributed by atoms with Crippen LogP contribution in [-0.2, 0) is 12.6 Å². The number of nitrogens with two attached hydrogens (primary N) is 1. The van der Waals surface area contributed by atoms with Crippen molar-refractivity contribution >= 4 is 0 Å². The number of nitrogens with zero attached hydrogens (tertiary/aromatic N) is 1. The Labute approximate surface area is 72.7 Å². The third-order valence-electron chi connectivity index (χ3n) is 1.47. The van der Waals surface area contributed by atoms with Crippen LogP contribution in [0.5, 0.6) is 0 Å². The van der Waals surface area contributed by atoms with E-state index in [4.69, 9.17) is 10.2 Å². The molecular formula is C7H9F3N2O. The summed E-state index contributed by atoms with van der Waals surface area (Å²) < 4.78 is 41.2. The maximum atomic E-state index is 12.1. The van der Waals surface area contributed by atoms with Crippen molar-refractivity contribution in [3.8, 4) is 0 Å². The summed E-state index contributed by atoms with van der Waals surface area (Å²) in [6.07, 6.45) is -4.22. The molecule has 0 aliphatic carbocycles. The molecule has 0 radical (unpaired) electrons. The fourth-order valence-corrected chi connectivity index (χ4v) is 0.945. The molecule has 1 aromatic heterocycles. The van der Waals surface area contributed by atoms with E-state index in [9.17, 15) is 13.2 Å². The monoisotopic (exact) mass is 194 g/mol. The molecule has 0 saturated heterocycles. The van der Waals surface area contributed by atoms with Crippen molar-refractivity contribution in [2.24, 2.45) is 5.73 Å². The second-order valence-corrected chi connectivity index (χ2v) is 2.55.